The summed E-state index contributed by atoms with van der Waals surface area (Å²) >= 11 is 0. The topological polar surface area (TPSA) is 107 Å². The number of aryl methyl sites for hydroxylation is 1. The zero-order valence-electron chi connectivity index (χ0n) is 20.5. The second-order valence-electron chi connectivity index (χ2n) is 8.11. The third-order valence-corrected chi connectivity index (χ3v) is 5.52. The lowest BCUT2D eigenvalue weighted by Crippen LogP contribution is -2.17. The molecule has 0 fully saturated rings. The maximum absolute atomic E-state index is 11.6. The molecular weight excluding hydrogens is 456 g/mol. The minimum Gasteiger partial charge on any atom is -0.493 e. The molecule has 0 unspecified atom stereocenters. The van der Waals surface area contributed by atoms with E-state index < -0.39 is 18.0 Å². The number of esters is 3. The number of fused-ring (bicyclic) bond motifs is 1. The molecule has 2 aromatic carbocycles. The zero-order chi connectivity index (χ0) is 25.5. The van der Waals surface area contributed by atoms with Crippen molar-refractivity contribution < 1.29 is 42.8 Å². The van der Waals surface area contributed by atoms with E-state index in [1.807, 2.05) is 12.1 Å². The van der Waals surface area contributed by atoms with Crippen LogP contribution in [0.3, 0.4) is 0 Å². The van der Waals surface area contributed by atoms with Crippen molar-refractivity contribution in [3.63, 3.8) is 0 Å². The molecule has 2 aromatic rings. The van der Waals surface area contributed by atoms with Gasteiger partial charge in [0.05, 0.1) is 26.7 Å². The lowest BCUT2D eigenvalue weighted by molar-refractivity contribution is -0.142. The lowest BCUT2D eigenvalue weighted by atomic mass is 9.90. The summed E-state index contributed by atoms with van der Waals surface area (Å²) in [6, 6.07) is 9.06. The van der Waals surface area contributed by atoms with Gasteiger partial charge in [-0.2, -0.15) is 0 Å². The summed E-state index contributed by atoms with van der Waals surface area (Å²) in [5, 5.41) is 0. The standard InChI is InChI=1S/C26H30O9/c1-15(27)32-10-6-7-18-11-20-21(14-33-16(2)28)25(35-26(20)24(12-18)31-5)19-8-9-22(34-17(3)29)23(13-19)30-4/h8-9,11-13,21,25H,6-7,10,14H2,1-5H3/t21-,25+/m1/s1. The van der Waals surface area contributed by atoms with Gasteiger partial charge in [-0.3, -0.25) is 14.4 Å². The Labute approximate surface area is 204 Å². The molecule has 9 nitrogen and oxygen atoms in total. The highest BCUT2D eigenvalue weighted by Crippen LogP contribution is 2.51. The van der Waals surface area contributed by atoms with Crippen LogP contribution in [0.15, 0.2) is 30.3 Å². The fourth-order valence-electron chi connectivity index (χ4n) is 4.03. The van der Waals surface area contributed by atoms with Gasteiger partial charge in [-0.05, 0) is 42.2 Å². The zero-order valence-corrected chi connectivity index (χ0v) is 20.5. The average molecular weight is 487 g/mol. The van der Waals surface area contributed by atoms with Crippen LogP contribution < -0.4 is 18.9 Å². The normalized spacial score (nSPS) is 16.0. The molecule has 0 aromatic heterocycles. The summed E-state index contributed by atoms with van der Waals surface area (Å²) in [5.41, 5.74) is 2.58. The highest BCUT2D eigenvalue weighted by atomic mass is 16.6. The van der Waals surface area contributed by atoms with Gasteiger partial charge < -0.3 is 28.4 Å². The molecule has 9 heteroatoms. The predicted molar refractivity (Wildman–Crippen MR) is 125 cm³/mol. The first kappa shape index (κ1) is 25.9. The second kappa shape index (κ2) is 11.6. The van der Waals surface area contributed by atoms with Crippen molar-refractivity contribution in [2.75, 3.05) is 27.4 Å². The minimum atomic E-state index is -0.505. The first-order valence-electron chi connectivity index (χ1n) is 11.2. The molecule has 0 N–H and O–H groups in total. The van der Waals surface area contributed by atoms with Gasteiger partial charge in [0.1, 0.15) is 12.7 Å². The molecule has 0 saturated carbocycles. The Morgan fingerprint density at radius 2 is 1.57 bits per heavy atom. The summed E-state index contributed by atoms with van der Waals surface area (Å²) in [4.78, 5) is 34.1. The van der Waals surface area contributed by atoms with E-state index in [0.717, 1.165) is 16.7 Å². The molecule has 0 saturated heterocycles. The number of benzene rings is 2. The third-order valence-electron chi connectivity index (χ3n) is 5.52. The largest absolute Gasteiger partial charge is 0.493 e. The van der Waals surface area contributed by atoms with Gasteiger partial charge in [0.15, 0.2) is 23.0 Å². The van der Waals surface area contributed by atoms with Gasteiger partial charge in [0.2, 0.25) is 0 Å². The Morgan fingerprint density at radius 1 is 0.857 bits per heavy atom. The van der Waals surface area contributed by atoms with Gasteiger partial charge in [-0.1, -0.05) is 12.1 Å². The third kappa shape index (κ3) is 6.44. The van der Waals surface area contributed by atoms with E-state index in [2.05, 4.69) is 0 Å². The fourth-order valence-corrected chi connectivity index (χ4v) is 4.03. The van der Waals surface area contributed by atoms with E-state index in [9.17, 15) is 14.4 Å². The summed E-state index contributed by atoms with van der Waals surface area (Å²) in [7, 11) is 3.05. The van der Waals surface area contributed by atoms with E-state index in [1.54, 1.807) is 25.3 Å². The van der Waals surface area contributed by atoms with Crippen molar-refractivity contribution in [1.29, 1.82) is 0 Å². The van der Waals surface area contributed by atoms with Crippen LogP contribution in [0.4, 0.5) is 0 Å². The van der Waals surface area contributed by atoms with Gasteiger partial charge >= 0.3 is 17.9 Å². The molecular formula is C26H30O9. The van der Waals surface area contributed by atoms with E-state index in [0.29, 0.717) is 42.4 Å². The molecule has 0 amide bonds. The van der Waals surface area contributed by atoms with Crippen LogP contribution in [0, 0.1) is 0 Å². The molecule has 1 aliphatic heterocycles. The van der Waals surface area contributed by atoms with Crippen molar-refractivity contribution in [3.05, 3.63) is 47.0 Å². The smallest absolute Gasteiger partial charge is 0.308 e. The Bertz CT molecular complexity index is 1090. The molecule has 35 heavy (non-hydrogen) atoms. The van der Waals surface area contributed by atoms with Crippen LogP contribution in [-0.2, 0) is 30.3 Å². The SMILES string of the molecule is COc1cc([C@@H]2Oc3c(OC)cc(CCCOC(C)=O)cc3[C@H]2COC(C)=O)ccc1OC(C)=O. The van der Waals surface area contributed by atoms with Crippen molar-refractivity contribution in [2.24, 2.45) is 0 Å². The summed E-state index contributed by atoms with van der Waals surface area (Å²) in [6.07, 6.45) is 0.803. The van der Waals surface area contributed by atoms with Crippen LogP contribution >= 0.6 is 0 Å². The van der Waals surface area contributed by atoms with Gasteiger partial charge in [-0.15, -0.1) is 0 Å². The van der Waals surface area contributed by atoms with Gasteiger partial charge in [0, 0.05) is 26.3 Å². The maximum Gasteiger partial charge on any atom is 0.308 e. The molecule has 2 atom stereocenters. The number of carbonyl (C=O) groups excluding carboxylic acids is 3. The highest BCUT2D eigenvalue weighted by molar-refractivity contribution is 5.70. The summed E-state index contributed by atoms with van der Waals surface area (Å²) < 4.78 is 33.0. The first-order chi connectivity index (χ1) is 16.7. The quantitative estimate of drug-likeness (QED) is 0.281. The second-order valence-corrected chi connectivity index (χ2v) is 8.11. The first-order valence-corrected chi connectivity index (χ1v) is 11.2. The Morgan fingerprint density at radius 3 is 2.20 bits per heavy atom. The molecule has 0 aliphatic carbocycles. The van der Waals surface area contributed by atoms with Crippen molar-refractivity contribution >= 4 is 17.9 Å². The lowest BCUT2D eigenvalue weighted by Gasteiger charge is -2.20. The van der Waals surface area contributed by atoms with Crippen LogP contribution in [0.1, 0.15) is 55.9 Å². The molecule has 0 bridgehead atoms. The van der Waals surface area contributed by atoms with Crippen LogP contribution in [0.5, 0.6) is 23.0 Å². The number of hydrogen-bond donors (Lipinski definition) is 0. The van der Waals surface area contributed by atoms with Crippen molar-refractivity contribution in [3.8, 4) is 23.0 Å². The molecule has 0 radical (unpaired) electrons. The monoisotopic (exact) mass is 486 g/mol. The average Bonchev–Trinajstić information content (AvgIpc) is 3.18. The van der Waals surface area contributed by atoms with E-state index in [-0.39, 0.29) is 18.5 Å². The molecule has 1 heterocycles. The van der Waals surface area contributed by atoms with Crippen LogP contribution in [0.2, 0.25) is 0 Å². The number of carbonyl (C=O) groups is 3. The van der Waals surface area contributed by atoms with Gasteiger partial charge in [-0.25, -0.2) is 0 Å². The number of methoxy groups -OCH3 is 2. The van der Waals surface area contributed by atoms with Crippen molar-refractivity contribution in [2.45, 2.75) is 45.6 Å². The highest BCUT2D eigenvalue weighted by Gasteiger charge is 2.39. The molecule has 0 spiro atoms. The Balaban J connectivity index is 1.95. The number of ether oxygens (including phenoxy) is 6. The summed E-state index contributed by atoms with van der Waals surface area (Å²) in [5.74, 6) is 0.309. The predicted octanol–water partition coefficient (Wildman–Crippen LogP) is 3.91. The Kier molecular flexibility index (Phi) is 8.57. The minimum absolute atomic E-state index is 0.0983. The van der Waals surface area contributed by atoms with Crippen molar-refractivity contribution in [1.82, 2.24) is 0 Å². The molecule has 3 rings (SSSR count). The van der Waals surface area contributed by atoms with E-state index in [1.165, 1.54) is 27.9 Å². The van der Waals surface area contributed by atoms with Crippen LogP contribution in [0.25, 0.3) is 0 Å². The number of hydrogen-bond acceptors (Lipinski definition) is 9. The molecule has 188 valence electrons. The maximum atomic E-state index is 11.6. The fraction of sp³-hybridized carbons (Fsp3) is 0.423. The Hall–Kier alpha value is -3.75. The van der Waals surface area contributed by atoms with Gasteiger partial charge in [0.25, 0.3) is 0 Å². The van der Waals surface area contributed by atoms with E-state index >= 15 is 0 Å². The summed E-state index contributed by atoms with van der Waals surface area (Å²) in [6.45, 7) is 4.47. The van der Waals surface area contributed by atoms with Crippen LogP contribution in [-0.4, -0.2) is 45.3 Å². The number of rotatable bonds is 10. The molecule has 1 aliphatic rings. The van der Waals surface area contributed by atoms with E-state index in [4.69, 9.17) is 28.4 Å².